The average molecular weight is 245 g/mol. The molecule has 0 spiro atoms. The summed E-state index contributed by atoms with van der Waals surface area (Å²) in [7, 11) is 1.82. The van der Waals surface area contributed by atoms with E-state index in [9.17, 15) is 4.39 Å². The molecule has 0 fully saturated rings. The highest BCUT2D eigenvalue weighted by atomic mass is 19.1. The monoisotopic (exact) mass is 245 g/mol. The van der Waals surface area contributed by atoms with Gasteiger partial charge in [0.1, 0.15) is 23.8 Å². The molecule has 0 bridgehead atoms. The first-order valence-corrected chi connectivity index (χ1v) is 5.42. The molecule has 1 aromatic carbocycles. The Hall–Kier alpha value is -2.42. The molecule has 0 radical (unpaired) electrons. The Balaban J connectivity index is 2.28. The van der Waals surface area contributed by atoms with E-state index < -0.39 is 5.82 Å². The number of aryl methyl sites for hydroxylation is 1. The van der Waals surface area contributed by atoms with Crippen molar-refractivity contribution in [2.24, 2.45) is 7.05 Å². The quantitative estimate of drug-likeness (QED) is 0.898. The second-order valence-electron chi connectivity index (χ2n) is 3.94. The molecule has 0 aliphatic carbocycles. The van der Waals surface area contributed by atoms with E-state index in [1.165, 1.54) is 6.07 Å². The summed E-state index contributed by atoms with van der Waals surface area (Å²) in [5.74, 6) is 0.177. The maximum Gasteiger partial charge on any atom is 0.154 e. The van der Waals surface area contributed by atoms with Crippen LogP contribution in [0.25, 0.3) is 0 Å². The Bertz CT molecular complexity index is 599. The number of nitrogens with one attached hydrogen (secondary N) is 1. The zero-order chi connectivity index (χ0) is 13.1. The predicted molar refractivity (Wildman–Crippen MR) is 64.2 cm³/mol. The first kappa shape index (κ1) is 12.0. The van der Waals surface area contributed by atoms with Crippen molar-refractivity contribution in [3.63, 3.8) is 0 Å². The number of hydrogen-bond donors (Lipinski definition) is 1. The van der Waals surface area contributed by atoms with Gasteiger partial charge in [0, 0.05) is 7.05 Å². The molecule has 5 nitrogen and oxygen atoms in total. The highest BCUT2D eigenvalue weighted by molar-refractivity contribution is 5.58. The highest BCUT2D eigenvalue weighted by Gasteiger charge is 2.14. The molecule has 0 saturated carbocycles. The largest absolute Gasteiger partial charge is 0.374 e. The van der Waals surface area contributed by atoms with E-state index >= 15 is 0 Å². The minimum atomic E-state index is -0.535. The van der Waals surface area contributed by atoms with Gasteiger partial charge in [0.05, 0.1) is 11.7 Å². The maximum absolute atomic E-state index is 13.4. The van der Waals surface area contributed by atoms with Crippen LogP contribution in [-0.4, -0.2) is 14.8 Å². The van der Waals surface area contributed by atoms with Crippen molar-refractivity contribution in [2.75, 3.05) is 5.32 Å². The molecular formula is C12H12FN5. The first-order chi connectivity index (χ1) is 8.63. The second-order valence-corrected chi connectivity index (χ2v) is 3.94. The van der Waals surface area contributed by atoms with Crippen LogP contribution < -0.4 is 5.32 Å². The highest BCUT2D eigenvalue weighted by Crippen LogP contribution is 2.22. The topological polar surface area (TPSA) is 66.5 Å². The number of rotatable bonds is 3. The molecule has 0 aliphatic heterocycles. The molecule has 1 heterocycles. The Labute approximate surface area is 104 Å². The minimum Gasteiger partial charge on any atom is -0.374 e. The fraction of sp³-hybridized carbons (Fsp3) is 0.250. The van der Waals surface area contributed by atoms with E-state index in [2.05, 4.69) is 15.5 Å². The Morgan fingerprint density at radius 3 is 2.89 bits per heavy atom. The predicted octanol–water partition coefficient (Wildman–Crippen LogP) is 2.00. The van der Waals surface area contributed by atoms with E-state index in [0.29, 0.717) is 11.5 Å². The normalized spacial score (nSPS) is 11.9. The summed E-state index contributed by atoms with van der Waals surface area (Å²) in [5.41, 5.74) is 0.458. The molecule has 2 aromatic rings. The smallest absolute Gasteiger partial charge is 0.154 e. The zero-order valence-corrected chi connectivity index (χ0v) is 10.1. The molecule has 92 valence electrons. The van der Waals surface area contributed by atoms with Crippen LogP contribution in [0.4, 0.5) is 10.1 Å². The van der Waals surface area contributed by atoms with E-state index in [-0.39, 0.29) is 11.6 Å². The fourth-order valence-electron chi connectivity index (χ4n) is 1.74. The van der Waals surface area contributed by atoms with E-state index in [0.717, 1.165) is 0 Å². The zero-order valence-electron chi connectivity index (χ0n) is 10.1. The van der Waals surface area contributed by atoms with Gasteiger partial charge >= 0.3 is 0 Å². The molecule has 1 atom stereocenters. The Morgan fingerprint density at radius 2 is 2.28 bits per heavy atom. The van der Waals surface area contributed by atoms with Crippen LogP contribution in [-0.2, 0) is 7.05 Å². The van der Waals surface area contributed by atoms with Crippen LogP contribution >= 0.6 is 0 Å². The van der Waals surface area contributed by atoms with Gasteiger partial charge in [0.25, 0.3) is 0 Å². The molecule has 18 heavy (non-hydrogen) atoms. The van der Waals surface area contributed by atoms with Gasteiger partial charge in [-0.2, -0.15) is 5.26 Å². The summed E-state index contributed by atoms with van der Waals surface area (Å²) in [5, 5.41) is 19.7. The molecule has 0 amide bonds. The van der Waals surface area contributed by atoms with Crippen molar-refractivity contribution in [3.05, 3.63) is 41.7 Å². The lowest BCUT2D eigenvalue weighted by atomic mass is 10.1. The number of benzene rings is 1. The maximum atomic E-state index is 13.4. The minimum absolute atomic E-state index is 0.00604. The third-order valence-corrected chi connectivity index (χ3v) is 2.63. The standard InChI is InChI=1S/C12H12FN5/c1-8(12-17-15-7-18(12)2)16-11-5-3-4-10(13)9(11)6-14/h3-5,7-8,16H,1-2H3/t8-/m1/s1. The summed E-state index contributed by atoms with van der Waals surface area (Å²) in [4.78, 5) is 0. The van der Waals surface area contributed by atoms with Gasteiger partial charge in [-0.25, -0.2) is 4.39 Å². The van der Waals surface area contributed by atoms with Crippen LogP contribution in [0, 0.1) is 17.1 Å². The summed E-state index contributed by atoms with van der Waals surface area (Å²) in [6.45, 7) is 1.87. The SMILES string of the molecule is C[C@@H](Nc1cccc(F)c1C#N)c1nncn1C. The van der Waals surface area contributed by atoms with E-state index in [1.807, 2.05) is 20.0 Å². The van der Waals surface area contributed by atoms with Crippen LogP contribution in [0.1, 0.15) is 24.4 Å². The number of nitriles is 1. The lowest BCUT2D eigenvalue weighted by molar-refractivity contribution is 0.623. The number of halogens is 1. The molecule has 1 N–H and O–H groups in total. The van der Waals surface area contributed by atoms with Gasteiger partial charge < -0.3 is 9.88 Å². The number of hydrogen-bond acceptors (Lipinski definition) is 4. The van der Waals surface area contributed by atoms with Gasteiger partial charge in [-0.05, 0) is 19.1 Å². The Kier molecular flexibility index (Phi) is 3.24. The van der Waals surface area contributed by atoms with Crippen molar-refractivity contribution in [1.82, 2.24) is 14.8 Å². The van der Waals surface area contributed by atoms with Gasteiger partial charge in [-0.3, -0.25) is 0 Å². The number of nitrogens with zero attached hydrogens (tertiary/aromatic N) is 4. The summed E-state index contributed by atoms with van der Waals surface area (Å²) >= 11 is 0. The van der Waals surface area contributed by atoms with Gasteiger partial charge in [-0.15, -0.1) is 10.2 Å². The lowest BCUT2D eigenvalue weighted by Gasteiger charge is -2.15. The van der Waals surface area contributed by atoms with Crippen LogP contribution in [0.3, 0.4) is 0 Å². The molecule has 2 rings (SSSR count). The molecular weight excluding hydrogens is 233 g/mol. The van der Waals surface area contributed by atoms with Crippen molar-refractivity contribution >= 4 is 5.69 Å². The average Bonchev–Trinajstić information content (AvgIpc) is 2.76. The lowest BCUT2D eigenvalue weighted by Crippen LogP contribution is -2.13. The third kappa shape index (κ3) is 2.15. The van der Waals surface area contributed by atoms with Crippen LogP contribution in [0.5, 0.6) is 0 Å². The van der Waals surface area contributed by atoms with Crippen LogP contribution in [0.2, 0.25) is 0 Å². The molecule has 6 heteroatoms. The van der Waals surface area contributed by atoms with Crippen LogP contribution in [0.15, 0.2) is 24.5 Å². The Morgan fingerprint density at radius 1 is 1.50 bits per heavy atom. The van der Waals surface area contributed by atoms with Crippen molar-refractivity contribution in [2.45, 2.75) is 13.0 Å². The third-order valence-electron chi connectivity index (χ3n) is 2.63. The van der Waals surface area contributed by atoms with Gasteiger partial charge in [0.15, 0.2) is 5.82 Å². The first-order valence-electron chi connectivity index (χ1n) is 5.42. The van der Waals surface area contributed by atoms with Crippen molar-refractivity contribution in [3.8, 4) is 6.07 Å². The van der Waals surface area contributed by atoms with E-state index in [1.54, 1.807) is 23.0 Å². The van der Waals surface area contributed by atoms with E-state index in [4.69, 9.17) is 5.26 Å². The summed E-state index contributed by atoms with van der Waals surface area (Å²) in [6, 6.07) is 6.15. The molecule has 0 saturated heterocycles. The number of anilines is 1. The fourth-order valence-corrected chi connectivity index (χ4v) is 1.74. The molecule has 0 unspecified atom stereocenters. The van der Waals surface area contributed by atoms with Crippen molar-refractivity contribution < 1.29 is 4.39 Å². The molecule has 1 aromatic heterocycles. The van der Waals surface area contributed by atoms with Crippen molar-refractivity contribution in [1.29, 1.82) is 5.26 Å². The summed E-state index contributed by atoms with van der Waals surface area (Å²) in [6.07, 6.45) is 1.59. The van der Waals surface area contributed by atoms with Gasteiger partial charge in [-0.1, -0.05) is 6.07 Å². The summed E-state index contributed by atoms with van der Waals surface area (Å²) < 4.78 is 15.2. The second kappa shape index (κ2) is 4.84. The molecule has 0 aliphatic rings. The number of aromatic nitrogens is 3. The van der Waals surface area contributed by atoms with Gasteiger partial charge in [0.2, 0.25) is 0 Å².